The van der Waals surface area contributed by atoms with Crippen molar-refractivity contribution in [2.24, 2.45) is 0 Å². The highest BCUT2D eigenvalue weighted by Crippen LogP contribution is 2.35. The van der Waals surface area contributed by atoms with Gasteiger partial charge in [-0.1, -0.05) is 11.8 Å². The molecule has 38 heavy (non-hydrogen) atoms. The van der Waals surface area contributed by atoms with Gasteiger partial charge >= 0.3 is 5.97 Å². The van der Waals surface area contributed by atoms with E-state index < -0.39 is 5.60 Å². The third-order valence-electron chi connectivity index (χ3n) is 5.51. The highest BCUT2D eigenvalue weighted by Gasteiger charge is 2.21. The minimum absolute atomic E-state index is 0.150. The molecule has 196 valence electrons. The summed E-state index contributed by atoms with van der Waals surface area (Å²) in [6.45, 7) is 5.50. The second-order valence-electron chi connectivity index (χ2n) is 9.64. The zero-order valence-corrected chi connectivity index (χ0v) is 22.1. The monoisotopic (exact) mass is 514 g/mol. The van der Waals surface area contributed by atoms with Gasteiger partial charge in [0.2, 0.25) is 11.9 Å². The quantitative estimate of drug-likeness (QED) is 0.354. The number of aromatic nitrogens is 2. The molecule has 2 N–H and O–H groups in total. The molecule has 0 saturated carbocycles. The van der Waals surface area contributed by atoms with Crippen LogP contribution in [-0.2, 0) is 20.7 Å². The van der Waals surface area contributed by atoms with Crippen molar-refractivity contribution in [3.8, 4) is 34.6 Å². The Morgan fingerprint density at radius 2 is 1.89 bits per heavy atom. The Hall–Kier alpha value is -4.58. The summed E-state index contributed by atoms with van der Waals surface area (Å²) in [4.78, 5) is 33.6. The van der Waals surface area contributed by atoms with Gasteiger partial charge < -0.3 is 24.8 Å². The number of carbonyl (C=O) groups excluding carboxylic acids is 2. The zero-order chi connectivity index (χ0) is 27.3. The lowest BCUT2D eigenvalue weighted by atomic mass is 10.0. The maximum atomic E-state index is 12.6. The number of carbonyl (C=O) groups is 2. The van der Waals surface area contributed by atoms with Crippen LogP contribution in [-0.4, -0.2) is 41.7 Å². The average Bonchev–Trinajstić information content (AvgIpc) is 3.00. The van der Waals surface area contributed by atoms with Gasteiger partial charge in [-0.2, -0.15) is 0 Å². The summed E-state index contributed by atoms with van der Waals surface area (Å²) < 4.78 is 16.0. The lowest BCUT2D eigenvalue weighted by Crippen LogP contribution is -2.23. The molecule has 0 spiro atoms. The molecule has 0 atom stereocenters. The van der Waals surface area contributed by atoms with E-state index in [0.717, 1.165) is 22.4 Å². The minimum atomic E-state index is -0.517. The molecule has 0 bridgehead atoms. The van der Waals surface area contributed by atoms with Gasteiger partial charge in [0.05, 0.1) is 38.4 Å². The van der Waals surface area contributed by atoms with Crippen molar-refractivity contribution in [2.45, 2.75) is 45.6 Å². The van der Waals surface area contributed by atoms with E-state index in [1.54, 1.807) is 32.5 Å². The molecule has 1 aliphatic rings. The van der Waals surface area contributed by atoms with Gasteiger partial charge in [0.25, 0.3) is 0 Å². The van der Waals surface area contributed by atoms with Crippen LogP contribution in [0.2, 0.25) is 0 Å². The summed E-state index contributed by atoms with van der Waals surface area (Å²) in [5.74, 6) is 7.19. The predicted molar refractivity (Wildman–Crippen MR) is 145 cm³/mol. The van der Waals surface area contributed by atoms with E-state index in [4.69, 9.17) is 19.2 Å². The van der Waals surface area contributed by atoms with E-state index in [9.17, 15) is 9.59 Å². The van der Waals surface area contributed by atoms with Crippen molar-refractivity contribution in [3.05, 3.63) is 53.7 Å². The van der Waals surface area contributed by atoms with Gasteiger partial charge in [0.15, 0.2) is 11.5 Å². The zero-order valence-electron chi connectivity index (χ0n) is 22.1. The number of benzene rings is 2. The summed E-state index contributed by atoms with van der Waals surface area (Å²) in [5.41, 5.74) is 3.68. The molecule has 0 saturated heterocycles. The van der Waals surface area contributed by atoms with E-state index in [1.807, 2.05) is 45.0 Å². The number of hydrogen-bond acceptors (Lipinski definition) is 8. The number of nitrogens with zero attached hydrogens (tertiary/aromatic N) is 2. The van der Waals surface area contributed by atoms with Crippen molar-refractivity contribution in [2.75, 3.05) is 24.9 Å². The second-order valence-corrected chi connectivity index (χ2v) is 9.64. The third kappa shape index (κ3) is 6.59. The van der Waals surface area contributed by atoms with Gasteiger partial charge in [-0.05, 0) is 51.1 Å². The van der Waals surface area contributed by atoms with Crippen LogP contribution < -0.4 is 20.1 Å². The van der Waals surface area contributed by atoms with Crippen LogP contribution in [0.25, 0.3) is 11.3 Å². The van der Waals surface area contributed by atoms with E-state index in [1.165, 1.54) is 0 Å². The maximum Gasteiger partial charge on any atom is 0.307 e. The van der Waals surface area contributed by atoms with Gasteiger partial charge in [-0.25, -0.2) is 9.97 Å². The smallest absolute Gasteiger partial charge is 0.307 e. The molecule has 0 fully saturated rings. The first kappa shape index (κ1) is 26.5. The van der Waals surface area contributed by atoms with Crippen molar-refractivity contribution >= 4 is 29.2 Å². The Bertz CT molecular complexity index is 1430. The van der Waals surface area contributed by atoms with E-state index in [-0.39, 0.29) is 24.7 Å². The average molecular weight is 515 g/mol. The normalized spacial score (nSPS) is 12.1. The van der Waals surface area contributed by atoms with Crippen molar-refractivity contribution in [1.29, 1.82) is 0 Å². The van der Waals surface area contributed by atoms with Crippen LogP contribution >= 0.6 is 0 Å². The topological polar surface area (TPSA) is 112 Å². The number of amides is 1. The maximum absolute atomic E-state index is 12.6. The van der Waals surface area contributed by atoms with Crippen LogP contribution in [0.15, 0.2) is 42.6 Å². The summed E-state index contributed by atoms with van der Waals surface area (Å²) in [7, 11) is 3.15. The second kappa shape index (κ2) is 11.2. The first-order chi connectivity index (χ1) is 18.1. The fourth-order valence-electron chi connectivity index (χ4n) is 3.89. The first-order valence-corrected chi connectivity index (χ1v) is 12.1. The Morgan fingerprint density at radius 3 is 2.63 bits per heavy atom. The standard InChI is InChI=1S/C29H30N4O5/c1-29(2,3)38-26(35)9-7-6-8-18-10-12-21-22(14-18)32-25(34)15-19-17-30-28(33-27(19)21)31-20-11-13-23(36-4)24(16-20)37-5/h10-14,16-17H,7,9,15H2,1-5H3,(H,32,34)(H,30,31,33). The number of esters is 1. The largest absolute Gasteiger partial charge is 0.493 e. The number of nitrogens with one attached hydrogen (secondary N) is 2. The summed E-state index contributed by atoms with van der Waals surface area (Å²) in [6, 6.07) is 11.0. The Kier molecular flexibility index (Phi) is 7.82. The predicted octanol–water partition coefficient (Wildman–Crippen LogP) is 4.87. The molecule has 9 heteroatoms. The van der Waals surface area contributed by atoms with Crippen molar-refractivity contribution in [1.82, 2.24) is 9.97 Å². The molecular weight excluding hydrogens is 484 g/mol. The molecule has 1 aromatic heterocycles. The van der Waals surface area contributed by atoms with Crippen molar-refractivity contribution in [3.63, 3.8) is 0 Å². The number of rotatable bonds is 6. The number of methoxy groups -OCH3 is 2. The van der Waals surface area contributed by atoms with Gasteiger partial charge in [0.1, 0.15) is 5.60 Å². The number of ether oxygens (including phenoxy) is 3. The van der Waals surface area contributed by atoms with Gasteiger partial charge in [-0.3, -0.25) is 9.59 Å². The molecule has 9 nitrogen and oxygen atoms in total. The molecule has 0 aliphatic carbocycles. The highest BCUT2D eigenvalue weighted by molar-refractivity contribution is 6.00. The van der Waals surface area contributed by atoms with Crippen LogP contribution in [0.3, 0.4) is 0 Å². The molecule has 2 aromatic carbocycles. The SMILES string of the molecule is COc1ccc(Nc2ncc3c(n2)-c2ccc(C#CCCC(=O)OC(C)(C)C)cc2NC(=O)C3)cc1OC. The molecule has 0 radical (unpaired) electrons. The molecule has 1 amide bonds. The first-order valence-electron chi connectivity index (χ1n) is 12.1. The van der Waals surface area contributed by atoms with E-state index in [0.29, 0.717) is 35.2 Å². The fraction of sp³-hybridized carbons (Fsp3) is 0.310. The summed E-state index contributed by atoms with van der Waals surface area (Å²) >= 11 is 0. The molecular formula is C29H30N4O5. The van der Waals surface area contributed by atoms with Gasteiger partial charge in [-0.15, -0.1) is 0 Å². The number of anilines is 3. The molecule has 3 aromatic rings. The molecule has 0 unspecified atom stereocenters. The highest BCUT2D eigenvalue weighted by atomic mass is 16.6. The van der Waals surface area contributed by atoms with E-state index in [2.05, 4.69) is 27.5 Å². The van der Waals surface area contributed by atoms with Gasteiger partial charge in [0, 0.05) is 41.1 Å². The Morgan fingerprint density at radius 1 is 1.11 bits per heavy atom. The number of fused-ring (bicyclic) bond motifs is 3. The summed E-state index contributed by atoms with van der Waals surface area (Å²) in [5, 5.41) is 6.13. The van der Waals surface area contributed by atoms with Crippen molar-refractivity contribution < 1.29 is 23.8 Å². The lowest BCUT2D eigenvalue weighted by Gasteiger charge is -2.18. The number of hydrogen-bond donors (Lipinski definition) is 2. The Labute approximate surface area is 221 Å². The molecule has 4 rings (SSSR count). The van der Waals surface area contributed by atoms with Crippen LogP contribution in [0.4, 0.5) is 17.3 Å². The van der Waals surface area contributed by atoms with Crippen LogP contribution in [0, 0.1) is 11.8 Å². The fourth-order valence-corrected chi connectivity index (χ4v) is 3.89. The molecule has 1 aliphatic heterocycles. The third-order valence-corrected chi connectivity index (χ3v) is 5.51. The minimum Gasteiger partial charge on any atom is -0.493 e. The lowest BCUT2D eigenvalue weighted by molar-refractivity contribution is -0.154. The van der Waals surface area contributed by atoms with E-state index >= 15 is 0 Å². The van der Waals surface area contributed by atoms with Crippen LogP contribution in [0.1, 0.15) is 44.7 Å². The van der Waals surface area contributed by atoms with Crippen LogP contribution in [0.5, 0.6) is 11.5 Å². The Balaban J connectivity index is 1.56. The summed E-state index contributed by atoms with van der Waals surface area (Å²) in [6.07, 6.45) is 2.40. The molecule has 2 heterocycles.